The molecular formula is C17H15ClN4O5. The molecular weight excluding hydrogens is 376 g/mol. The standard InChI is InChI=1S/C17H15ClN4O5/c1-7-14(17(25)26-3)10(19-15(7)8(2)23)6-13-21-16(22-27-13)9-4-11(18)20-12(24)5-9/h4-5,19H,6H2,1-3H3,(H,20,24). The van der Waals surface area contributed by atoms with Crippen molar-refractivity contribution in [3.63, 3.8) is 0 Å². The summed E-state index contributed by atoms with van der Waals surface area (Å²) in [5.41, 5.74) is 1.46. The van der Waals surface area contributed by atoms with E-state index in [0.29, 0.717) is 22.5 Å². The van der Waals surface area contributed by atoms with E-state index in [4.69, 9.17) is 20.9 Å². The number of hydrogen-bond donors (Lipinski definition) is 2. The Morgan fingerprint density at radius 1 is 1.30 bits per heavy atom. The minimum absolute atomic E-state index is 0.0719. The van der Waals surface area contributed by atoms with E-state index in [1.165, 1.54) is 26.2 Å². The Labute approximate surface area is 157 Å². The van der Waals surface area contributed by atoms with Gasteiger partial charge in [0.25, 0.3) is 0 Å². The molecule has 140 valence electrons. The summed E-state index contributed by atoms with van der Waals surface area (Å²) < 4.78 is 10.0. The Hall–Kier alpha value is -3.20. The van der Waals surface area contributed by atoms with Crippen molar-refractivity contribution in [2.45, 2.75) is 20.3 Å². The van der Waals surface area contributed by atoms with Crippen LogP contribution >= 0.6 is 11.6 Å². The molecule has 0 aliphatic carbocycles. The Morgan fingerprint density at radius 2 is 2.04 bits per heavy atom. The molecule has 3 aromatic heterocycles. The van der Waals surface area contributed by atoms with Gasteiger partial charge in [-0.3, -0.25) is 9.59 Å². The first-order valence-corrected chi connectivity index (χ1v) is 8.21. The van der Waals surface area contributed by atoms with Crippen LogP contribution in [0.25, 0.3) is 11.4 Å². The smallest absolute Gasteiger partial charge is 0.339 e. The molecule has 0 fully saturated rings. The number of pyridine rings is 1. The highest BCUT2D eigenvalue weighted by atomic mass is 35.5. The Morgan fingerprint density at radius 3 is 2.67 bits per heavy atom. The summed E-state index contributed by atoms with van der Waals surface area (Å²) >= 11 is 5.83. The molecule has 0 saturated carbocycles. The number of halogens is 1. The lowest BCUT2D eigenvalue weighted by atomic mass is 10.1. The summed E-state index contributed by atoms with van der Waals surface area (Å²) in [6.45, 7) is 3.05. The third-order valence-corrected chi connectivity index (χ3v) is 4.14. The fraction of sp³-hybridized carbons (Fsp3) is 0.235. The van der Waals surface area contributed by atoms with Crippen LogP contribution in [0.3, 0.4) is 0 Å². The Balaban J connectivity index is 1.98. The van der Waals surface area contributed by atoms with Gasteiger partial charge in [0, 0.05) is 24.2 Å². The number of esters is 1. The molecule has 0 bridgehead atoms. The third kappa shape index (κ3) is 3.68. The number of carbonyl (C=O) groups is 2. The highest BCUT2D eigenvalue weighted by Crippen LogP contribution is 2.23. The van der Waals surface area contributed by atoms with Crippen LogP contribution in [-0.4, -0.2) is 39.0 Å². The Kier molecular flexibility index (Phi) is 4.95. The van der Waals surface area contributed by atoms with Crippen molar-refractivity contribution in [3.05, 3.63) is 56.0 Å². The van der Waals surface area contributed by atoms with Gasteiger partial charge in [0.15, 0.2) is 5.78 Å². The minimum atomic E-state index is -0.577. The van der Waals surface area contributed by atoms with Crippen molar-refractivity contribution in [2.75, 3.05) is 7.11 Å². The first kappa shape index (κ1) is 18.6. The van der Waals surface area contributed by atoms with Crippen LogP contribution in [0.15, 0.2) is 21.5 Å². The van der Waals surface area contributed by atoms with Gasteiger partial charge in [-0.15, -0.1) is 0 Å². The molecule has 2 N–H and O–H groups in total. The number of Topliss-reactive ketones (excluding diaryl/α,β-unsaturated/α-hetero) is 1. The number of rotatable bonds is 5. The van der Waals surface area contributed by atoms with E-state index in [1.54, 1.807) is 6.92 Å². The zero-order chi connectivity index (χ0) is 19.7. The molecule has 0 atom stereocenters. The number of methoxy groups -OCH3 is 1. The molecule has 0 spiro atoms. The zero-order valence-corrected chi connectivity index (χ0v) is 15.4. The number of H-pyrrole nitrogens is 2. The summed E-state index contributed by atoms with van der Waals surface area (Å²) in [5.74, 6) is -0.434. The van der Waals surface area contributed by atoms with Gasteiger partial charge in [-0.1, -0.05) is 16.8 Å². The Bertz CT molecular complexity index is 1100. The quantitative estimate of drug-likeness (QED) is 0.388. The summed E-state index contributed by atoms with van der Waals surface area (Å²) in [5, 5.41) is 3.97. The number of ketones is 1. The van der Waals surface area contributed by atoms with Crippen LogP contribution < -0.4 is 5.56 Å². The van der Waals surface area contributed by atoms with E-state index in [9.17, 15) is 14.4 Å². The fourth-order valence-electron chi connectivity index (χ4n) is 2.76. The molecule has 0 radical (unpaired) electrons. The van der Waals surface area contributed by atoms with E-state index >= 15 is 0 Å². The van der Waals surface area contributed by atoms with Crippen molar-refractivity contribution in [2.24, 2.45) is 0 Å². The van der Waals surface area contributed by atoms with Crippen molar-refractivity contribution in [1.82, 2.24) is 20.1 Å². The van der Waals surface area contributed by atoms with E-state index in [-0.39, 0.29) is 34.6 Å². The molecule has 0 aromatic carbocycles. The van der Waals surface area contributed by atoms with Crippen molar-refractivity contribution >= 4 is 23.4 Å². The number of aromatic amines is 2. The molecule has 9 nitrogen and oxygen atoms in total. The van der Waals surface area contributed by atoms with Crippen LogP contribution in [0.5, 0.6) is 0 Å². The molecule has 0 aliphatic heterocycles. The molecule has 0 unspecified atom stereocenters. The third-order valence-electron chi connectivity index (χ3n) is 3.93. The van der Waals surface area contributed by atoms with Gasteiger partial charge in [0.2, 0.25) is 17.3 Å². The average molecular weight is 391 g/mol. The van der Waals surface area contributed by atoms with E-state index < -0.39 is 11.5 Å². The molecule has 3 heterocycles. The highest BCUT2D eigenvalue weighted by Gasteiger charge is 2.24. The number of nitrogens with zero attached hydrogens (tertiary/aromatic N) is 2. The number of ether oxygens (including phenoxy) is 1. The van der Waals surface area contributed by atoms with Gasteiger partial charge >= 0.3 is 5.97 Å². The van der Waals surface area contributed by atoms with Gasteiger partial charge in [0.05, 0.1) is 24.8 Å². The predicted molar refractivity (Wildman–Crippen MR) is 95.0 cm³/mol. The molecule has 0 saturated heterocycles. The molecule has 0 aliphatic rings. The number of nitrogens with one attached hydrogen (secondary N) is 2. The van der Waals surface area contributed by atoms with Gasteiger partial charge < -0.3 is 19.2 Å². The van der Waals surface area contributed by atoms with Gasteiger partial charge in [-0.05, 0) is 18.6 Å². The molecule has 3 aromatic rings. The average Bonchev–Trinajstić information content (AvgIpc) is 3.18. The van der Waals surface area contributed by atoms with Crippen LogP contribution in [-0.2, 0) is 11.2 Å². The maximum atomic E-state index is 12.1. The van der Waals surface area contributed by atoms with E-state index in [1.807, 2.05) is 0 Å². The van der Waals surface area contributed by atoms with Crippen LogP contribution in [0.2, 0.25) is 5.15 Å². The normalized spacial score (nSPS) is 10.8. The summed E-state index contributed by atoms with van der Waals surface area (Å²) in [7, 11) is 1.26. The lowest BCUT2D eigenvalue weighted by Gasteiger charge is -2.01. The summed E-state index contributed by atoms with van der Waals surface area (Å²) in [4.78, 5) is 45.0. The molecule has 3 rings (SSSR count). The summed E-state index contributed by atoms with van der Waals surface area (Å²) in [6, 6.07) is 2.77. The van der Waals surface area contributed by atoms with Gasteiger partial charge in [0.1, 0.15) is 5.15 Å². The topological polar surface area (TPSA) is 131 Å². The van der Waals surface area contributed by atoms with Crippen LogP contribution in [0.1, 0.15) is 44.9 Å². The van der Waals surface area contributed by atoms with Crippen LogP contribution in [0.4, 0.5) is 0 Å². The maximum Gasteiger partial charge on any atom is 0.339 e. The van der Waals surface area contributed by atoms with E-state index in [0.717, 1.165) is 0 Å². The van der Waals surface area contributed by atoms with E-state index in [2.05, 4.69) is 20.1 Å². The molecule has 27 heavy (non-hydrogen) atoms. The number of aromatic nitrogens is 4. The predicted octanol–water partition coefficient (Wildman–Crippen LogP) is 2.29. The highest BCUT2D eigenvalue weighted by molar-refractivity contribution is 6.29. The number of carbonyl (C=O) groups excluding carboxylic acids is 2. The first-order valence-electron chi connectivity index (χ1n) is 7.83. The SMILES string of the molecule is COC(=O)c1c(Cc2nc(-c3cc(Cl)[nH]c(=O)c3)no2)[nH]c(C(C)=O)c1C. The fourth-order valence-corrected chi connectivity index (χ4v) is 2.97. The second-order valence-electron chi connectivity index (χ2n) is 5.80. The number of hydrogen-bond acceptors (Lipinski definition) is 7. The lowest BCUT2D eigenvalue weighted by molar-refractivity contribution is 0.0599. The van der Waals surface area contributed by atoms with Crippen molar-refractivity contribution in [1.29, 1.82) is 0 Å². The lowest BCUT2D eigenvalue weighted by Crippen LogP contribution is -2.06. The second-order valence-corrected chi connectivity index (χ2v) is 6.20. The molecule has 0 amide bonds. The largest absolute Gasteiger partial charge is 0.465 e. The monoisotopic (exact) mass is 390 g/mol. The minimum Gasteiger partial charge on any atom is -0.465 e. The molecule has 10 heteroatoms. The van der Waals surface area contributed by atoms with Gasteiger partial charge in [-0.2, -0.15) is 4.98 Å². The summed E-state index contributed by atoms with van der Waals surface area (Å²) in [6.07, 6.45) is 0.0719. The second kappa shape index (κ2) is 7.20. The van der Waals surface area contributed by atoms with Crippen LogP contribution in [0, 0.1) is 6.92 Å². The van der Waals surface area contributed by atoms with Gasteiger partial charge in [-0.25, -0.2) is 4.79 Å². The maximum absolute atomic E-state index is 12.1. The van der Waals surface area contributed by atoms with Crippen molar-refractivity contribution in [3.8, 4) is 11.4 Å². The first-order chi connectivity index (χ1) is 12.8. The zero-order valence-electron chi connectivity index (χ0n) is 14.7. The van der Waals surface area contributed by atoms with Crippen molar-refractivity contribution < 1.29 is 18.8 Å².